The molecule has 140 valence electrons. The van der Waals surface area contributed by atoms with Crippen molar-refractivity contribution in [3.63, 3.8) is 0 Å². The van der Waals surface area contributed by atoms with Crippen LogP contribution in [0.25, 0.3) is 16.3 Å². The summed E-state index contributed by atoms with van der Waals surface area (Å²) in [4.78, 5) is 33.3. The standard InChI is InChI=1S/C20H15N3O2S3/c1-12-7-8-14-15(9-12)27-19(21-14)22-17(24)11-26-20-23-18(25)16(28-20)10-13-5-3-2-4-6-13/h2-10H,11H2,1H3,(H,21,22,24)/b16-10+. The van der Waals surface area contributed by atoms with E-state index in [-0.39, 0.29) is 17.6 Å². The number of carbonyl (C=O) groups is 2. The summed E-state index contributed by atoms with van der Waals surface area (Å²) in [6.45, 7) is 2.02. The van der Waals surface area contributed by atoms with E-state index in [4.69, 9.17) is 0 Å². The van der Waals surface area contributed by atoms with E-state index in [1.54, 1.807) is 0 Å². The molecule has 0 saturated heterocycles. The monoisotopic (exact) mass is 425 g/mol. The Bertz CT molecular complexity index is 1120. The number of benzene rings is 2. The molecule has 0 radical (unpaired) electrons. The van der Waals surface area contributed by atoms with E-state index >= 15 is 0 Å². The van der Waals surface area contributed by atoms with Gasteiger partial charge >= 0.3 is 0 Å². The molecule has 2 aromatic carbocycles. The number of fused-ring (bicyclic) bond motifs is 1. The van der Waals surface area contributed by atoms with Gasteiger partial charge in [0.15, 0.2) is 5.13 Å². The van der Waals surface area contributed by atoms with Gasteiger partial charge in [-0.2, -0.15) is 4.99 Å². The summed E-state index contributed by atoms with van der Waals surface area (Å²) < 4.78 is 1.63. The second kappa shape index (κ2) is 8.30. The van der Waals surface area contributed by atoms with Crippen LogP contribution in [-0.4, -0.2) is 26.9 Å². The normalized spacial score (nSPS) is 15.2. The summed E-state index contributed by atoms with van der Waals surface area (Å²) in [5.41, 5.74) is 2.98. The third-order valence-electron chi connectivity index (χ3n) is 3.82. The number of thiazole rings is 1. The van der Waals surface area contributed by atoms with Crippen LogP contribution in [0, 0.1) is 6.92 Å². The minimum atomic E-state index is -0.265. The Balaban J connectivity index is 1.34. The zero-order chi connectivity index (χ0) is 19.5. The Kier molecular flexibility index (Phi) is 5.61. The fourth-order valence-electron chi connectivity index (χ4n) is 2.52. The fraction of sp³-hybridized carbons (Fsp3) is 0.100. The zero-order valence-corrected chi connectivity index (χ0v) is 17.3. The van der Waals surface area contributed by atoms with Crippen LogP contribution in [0.2, 0.25) is 0 Å². The predicted octanol–water partition coefficient (Wildman–Crippen LogP) is 4.95. The second-order valence-corrected chi connectivity index (χ2v) is 9.32. The first-order valence-corrected chi connectivity index (χ1v) is 11.1. The molecular formula is C20H15N3O2S3. The Morgan fingerprint density at radius 1 is 1.21 bits per heavy atom. The van der Waals surface area contributed by atoms with E-state index in [0.717, 1.165) is 21.3 Å². The van der Waals surface area contributed by atoms with Gasteiger partial charge in [0.05, 0.1) is 20.9 Å². The molecule has 5 nitrogen and oxygen atoms in total. The molecule has 3 aromatic rings. The summed E-state index contributed by atoms with van der Waals surface area (Å²) in [6, 6.07) is 15.6. The molecule has 0 saturated carbocycles. The molecule has 8 heteroatoms. The van der Waals surface area contributed by atoms with Gasteiger partial charge < -0.3 is 5.32 Å². The van der Waals surface area contributed by atoms with E-state index < -0.39 is 0 Å². The first-order valence-electron chi connectivity index (χ1n) is 8.44. The van der Waals surface area contributed by atoms with Gasteiger partial charge in [0.25, 0.3) is 5.91 Å². The Labute approximate surface area is 174 Å². The predicted molar refractivity (Wildman–Crippen MR) is 120 cm³/mol. The molecule has 0 spiro atoms. The number of carbonyl (C=O) groups excluding carboxylic acids is 2. The maximum atomic E-state index is 12.2. The Morgan fingerprint density at radius 3 is 2.86 bits per heavy atom. The minimum Gasteiger partial charge on any atom is -0.301 e. The maximum Gasteiger partial charge on any atom is 0.285 e. The SMILES string of the molecule is Cc1ccc2nc(NC(=O)CSC3=NC(=O)/C(=C\c4ccccc4)S3)sc2c1. The topological polar surface area (TPSA) is 71.4 Å². The average Bonchev–Trinajstić information content (AvgIpc) is 3.23. The third kappa shape index (κ3) is 4.52. The molecule has 1 aliphatic rings. The number of anilines is 1. The molecular weight excluding hydrogens is 410 g/mol. The van der Waals surface area contributed by atoms with Crippen molar-refractivity contribution in [2.24, 2.45) is 4.99 Å². The zero-order valence-electron chi connectivity index (χ0n) is 14.8. The van der Waals surface area contributed by atoms with Crippen molar-refractivity contribution < 1.29 is 9.59 Å². The lowest BCUT2D eigenvalue weighted by Gasteiger charge is -2.00. The highest BCUT2D eigenvalue weighted by Gasteiger charge is 2.23. The van der Waals surface area contributed by atoms with Crippen LogP contribution in [-0.2, 0) is 9.59 Å². The Morgan fingerprint density at radius 2 is 2.04 bits per heavy atom. The largest absolute Gasteiger partial charge is 0.301 e. The molecule has 2 heterocycles. The van der Waals surface area contributed by atoms with Crippen molar-refractivity contribution in [1.82, 2.24) is 4.98 Å². The van der Waals surface area contributed by atoms with Crippen LogP contribution in [0.15, 0.2) is 58.4 Å². The number of thioether (sulfide) groups is 2. The van der Waals surface area contributed by atoms with Gasteiger partial charge in [-0.05, 0) is 36.3 Å². The first-order chi connectivity index (χ1) is 13.6. The molecule has 0 bridgehead atoms. The number of hydrogen-bond donors (Lipinski definition) is 1. The van der Waals surface area contributed by atoms with Crippen molar-refractivity contribution in [2.75, 3.05) is 11.1 Å². The fourth-order valence-corrected chi connectivity index (χ4v) is 5.30. The van der Waals surface area contributed by atoms with Gasteiger partial charge in [-0.3, -0.25) is 9.59 Å². The number of hydrogen-bond acceptors (Lipinski definition) is 6. The van der Waals surface area contributed by atoms with Crippen LogP contribution < -0.4 is 5.32 Å². The summed E-state index contributed by atoms with van der Waals surface area (Å²) >= 11 is 4.00. The summed E-state index contributed by atoms with van der Waals surface area (Å²) in [5.74, 6) is -0.262. The smallest absolute Gasteiger partial charge is 0.285 e. The summed E-state index contributed by atoms with van der Waals surface area (Å²) in [7, 11) is 0. The summed E-state index contributed by atoms with van der Waals surface area (Å²) in [6.07, 6.45) is 1.81. The van der Waals surface area contributed by atoms with Crippen molar-refractivity contribution in [3.8, 4) is 0 Å². The molecule has 28 heavy (non-hydrogen) atoms. The summed E-state index contributed by atoms with van der Waals surface area (Å²) in [5, 5.41) is 3.40. The molecule has 1 aliphatic heterocycles. The van der Waals surface area contributed by atoms with Crippen LogP contribution in [0.3, 0.4) is 0 Å². The lowest BCUT2D eigenvalue weighted by atomic mass is 10.2. The highest BCUT2D eigenvalue weighted by atomic mass is 32.2. The number of nitrogens with zero attached hydrogens (tertiary/aromatic N) is 2. The molecule has 0 fully saturated rings. The van der Waals surface area contributed by atoms with E-state index in [0.29, 0.717) is 14.4 Å². The van der Waals surface area contributed by atoms with Crippen molar-refractivity contribution in [1.29, 1.82) is 0 Å². The molecule has 1 aromatic heterocycles. The van der Waals surface area contributed by atoms with E-state index in [2.05, 4.69) is 15.3 Å². The molecule has 0 unspecified atom stereocenters. The highest BCUT2D eigenvalue weighted by molar-refractivity contribution is 8.41. The molecule has 0 aliphatic carbocycles. The van der Waals surface area contributed by atoms with Crippen molar-refractivity contribution >= 4 is 72.5 Å². The number of aryl methyl sites for hydroxylation is 1. The van der Waals surface area contributed by atoms with Crippen molar-refractivity contribution in [3.05, 3.63) is 64.6 Å². The van der Waals surface area contributed by atoms with Gasteiger partial charge in [-0.25, -0.2) is 4.98 Å². The number of amides is 2. The van der Waals surface area contributed by atoms with Gasteiger partial charge in [0.1, 0.15) is 4.38 Å². The number of nitrogens with one attached hydrogen (secondary N) is 1. The van der Waals surface area contributed by atoms with Gasteiger partial charge in [-0.1, -0.05) is 71.3 Å². The molecule has 4 rings (SSSR count). The van der Waals surface area contributed by atoms with Gasteiger partial charge in [0, 0.05) is 0 Å². The third-order valence-corrected chi connectivity index (χ3v) is 6.88. The first kappa shape index (κ1) is 18.9. The quantitative estimate of drug-likeness (QED) is 0.599. The Hall–Kier alpha value is -2.42. The number of rotatable bonds is 4. The van der Waals surface area contributed by atoms with E-state index in [1.807, 2.05) is 61.5 Å². The highest BCUT2D eigenvalue weighted by Crippen LogP contribution is 2.34. The van der Waals surface area contributed by atoms with E-state index in [9.17, 15) is 9.59 Å². The molecule has 0 atom stereocenters. The lowest BCUT2D eigenvalue weighted by Crippen LogP contribution is -2.14. The van der Waals surface area contributed by atoms with Crippen LogP contribution in [0.5, 0.6) is 0 Å². The minimum absolute atomic E-state index is 0.169. The van der Waals surface area contributed by atoms with Crippen LogP contribution in [0.1, 0.15) is 11.1 Å². The van der Waals surface area contributed by atoms with Crippen LogP contribution in [0.4, 0.5) is 5.13 Å². The number of aliphatic imine (C=N–C) groups is 1. The van der Waals surface area contributed by atoms with Crippen molar-refractivity contribution in [2.45, 2.75) is 6.92 Å². The second-order valence-electron chi connectivity index (χ2n) is 6.03. The molecule has 1 N–H and O–H groups in total. The molecule has 2 amide bonds. The lowest BCUT2D eigenvalue weighted by molar-refractivity contribution is -0.114. The van der Waals surface area contributed by atoms with E-state index in [1.165, 1.54) is 34.9 Å². The maximum absolute atomic E-state index is 12.2. The average molecular weight is 426 g/mol. The van der Waals surface area contributed by atoms with Crippen LogP contribution >= 0.6 is 34.9 Å². The number of aromatic nitrogens is 1. The van der Waals surface area contributed by atoms with Gasteiger partial charge in [0.2, 0.25) is 5.91 Å². The van der Waals surface area contributed by atoms with Gasteiger partial charge in [-0.15, -0.1) is 0 Å².